The Balaban J connectivity index is 1.40. The number of pyridine rings is 1. The number of amides is 2. The van der Waals surface area contributed by atoms with Gasteiger partial charge < -0.3 is 25.1 Å². The molecule has 0 spiro atoms. The number of hydrogen-bond donors (Lipinski definition) is 3. The number of carbonyl (C=O) groups excluding carboxylic acids is 2. The van der Waals surface area contributed by atoms with Gasteiger partial charge in [-0.1, -0.05) is 33.1 Å². The van der Waals surface area contributed by atoms with Crippen LogP contribution in [0.15, 0.2) is 30.3 Å². The van der Waals surface area contributed by atoms with Gasteiger partial charge >= 0.3 is 0 Å². The predicted molar refractivity (Wildman–Crippen MR) is 171 cm³/mol. The minimum Gasteiger partial charge on any atom is -0.348 e. The van der Waals surface area contributed by atoms with Crippen molar-refractivity contribution in [2.75, 3.05) is 13.1 Å². The van der Waals surface area contributed by atoms with Crippen LogP contribution in [0.4, 0.5) is 4.39 Å². The van der Waals surface area contributed by atoms with Crippen LogP contribution in [0.25, 0.3) is 33.6 Å². The minimum atomic E-state index is -1.14. The number of carbonyl (C=O) groups is 2. The normalized spacial score (nSPS) is 22.6. The van der Waals surface area contributed by atoms with Gasteiger partial charge in [0.2, 0.25) is 5.91 Å². The van der Waals surface area contributed by atoms with E-state index in [-0.39, 0.29) is 23.1 Å². The van der Waals surface area contributed by atoms with Crippen molar-refractivity contribution in [2.45, 2.75) is 84.1 Å². The molecule has 3 N–H and O–H groups in total. The van der Waals surface area contributed by atoms with Crippen LogP contribution in [-0.4, -0.2) is 56.2 Å². The number of fused-ring (bicyclic) bond motifs is 2. The third-order valence-electron chi connectivity index (χ3n) is 9.43. The van der Waals surface area contributed by atoms with Gasteiger partial charge in [0.05, 0.1) is 45.6 Å². The van der Waals surface area contributed by atoms with E-state index in [4.69, 9.17) is 9.97 Å². The molecule has 45 heavy (non-hydrogen) atoms. The third kappa shape index (κ3) is 5.91. The fourth-order valence-electron chi connectivity index (χ4n) is 6.53. The van der Waals surface area contributed by atoms with Gasteiger partial charge in [0, 0.05) is 30.9 Å². The van der Waals surface area contributed by atoms with Gasteiger partial charge in [0.15, 0.2) is 5.82 Å². The van der Waals surface area contributed by atoms with Crippen molar-refractivity contribution in [1.82, 2.24) is 35.1 Å². The SMILES string of the molecule is C[C@H]1NC(=O)C(C)(C)CCCCCCn2c(-c3nc4cc(C(=O)N[C@H]5CNCC[C@@H]5F)c(C#N)cc4n3C)cc3ccc1nc32. The Bertz CT molecular complexity index is 1820. The van der Waals surface area contributed by atoms with Crippen LogP contribution in [0, 0.1) is 16.7 Å². The van der Waals surface area contributed by atoms with Crippen molar-refractivity contribution >= 4 is 33.9 Å². The van der Waals surface area contributed by atoms with Crippen LogP contribution in [0.1, 0.15) is 87.0 Å². The lowest BCUT2D eigenvalue weighted by atomic mass is 9.85. The Kier molecular flexibility index (Phi) is 8.35. The first-order chi connectivity index (χ1) is 21.6. The van der Waals surface area contributed by atoms with E-state index in [0.717, 1.165) is 61.1 Å². The second-order valence-corrected chi connectivity index (χ2v) is 13.2. The highest BCUT2D eigenvalue weighted by atomic mass is 19.1. The molecule has 2 aliphatic heterocycles. The molecule has 5 heterocycles. The van der Waals surface area contributed by atoms with Gasteiger partial charge in [-0.2, -0.15) is 5.26 Å². The van der Waals surface area contributed by atoms with Crippen LogP contribution in [0.2, 0.25) is 0 Å². The first-order valence-corrected chi connectivity index (χ1v) is 15.9. The molecular weight excluding hydrogens is 571 g/mol. The van der Waals surface area contributed by atoms with E-state index in [1.54, 1.807) is 12.1 Å². The monoisotopic (exact) mass is 612 g/mol. The van der Waals surface area contributed by atoms with Gasteiger partial charge in [0.25, 0.3) is 5.91 Å². The summed E-state index contributed by atoms with van der Waals surface area (Å²) in [5.74, 6) is 0.241. The number of nitrogens with one attached hydrogen (secondary N) is 3. The lowest BCUT2D eigenvalue weighted by Crippen LogP contribution is -2.52. The summed E-state index contributed by atoms with van der Waals surface area (Å²) in [7, 11) is 1.90. The first kappa shape index (κ1) is 30.7. The topological polar surface area (TPSA) is 130 Å². The summed E-state index contributed by atoms with van der Waals surface area (Å²) < 4.78 is 18.6. The van der Waals surface area contributed by atoms with Crippen molar-refractivity contribution in [2.24, 2.45) is 12.5 Å². The van der Waals surface area contributed by atoms with Gasteiger partial charge in [-0.15, -0.1) is 0 Å². The lowest BCUT2D eigenvalue weighted by molar-refractivity contribution is -0.130. The average molecular weight is 613 g/mol. The van der Waals surface area contributed by atoms with Crippen molar-refractivity contribution < 1.29 is 14.0 Å². The molecule has 236 valence electrons. The molecule has 1 fully saturated rings. The van der Waals surface area contributed by atoms with Crippen molar-refractivity contribution in [3.63, 3.8) is 0 Å². The van der Waals surface area contributed by atoms with Crippen LogP contribution in [-0.2, 0) is 18.4 Å². The maximum Gasteiger partial charge on any atom is 0.253 e. The van der Waals surface area contributed by atoms with Crippen LogP contribution in [0.5, 0.6) is 0 Å². The van der Waals surface area contributed by atoms with E-state index in [2.05, 4.69) is 32.7 Å². The molecule has 0 radical (unpaired) electrons. The molecular formula is C34H41FN8O2. The number of aromatic nitrogens is 4. The summed E-state index contributed by atoms with van der Waals surface area (Å²) in [4.78, 5) is 36.4. The standard InChI is InChI=1S/C34H41FN8O2/c1-20-25-10-9-21-15-29(43(30(21)39-25)14-8-6-5-7-12-34(2,3)33(45)38-20)31-40-26-17-23(22(18-36)16-28(26)42(31)4)32(44)41-27-19-37-13-11-24(27)35/h9-10,15-17,20,24,27,37H,5-8,11-14,19H2,1-4H3,(H,38,45)(H,41,44)/t20-,24+,27+/m1/s1. The Labute approximate surface area is 262 Å². The van der Waals surface area contributed by atoms with E-state index in [1.807, 2.05) is 44.5 Å². The number of alkyl halides is 1. The van der Waals surface area contributed by atoms with E-state index in [9.17, 15) is 19.2 Å². The van der Waals surface area contributed by atoms with Crippen LogP contribution < -0.4 is 16.0 Å². The molecule has 4 aromatic rings. The van der Waals surface area contributed by atoms with E-state index < -0.39 is 23.5 Å². The molecule has 0 aliphatic carbocycles. The number of nitriles is 1. The Hall–Kier alpha value is -4.30. The van der Waals surface area contributed by atoms with Crippen molar-refractivity contribution in [3.05, 3.63) is 47.2 Å². The zero-order valence-corrected chi connectivity index (χ0v) is 26.4. The Morgan fingerprint density at radius 1 is 1.16 bits per heavy atom. The van der Waals surface area contributed by atoms with Gasteiger partial charge in [-0.3, -0.25) is 9.59 Å². The molecule has 6 rings (SSSR count). The highest BCUT2D eigenvalue weighted by molar-refractivity contribution is 6.01. The van der Waals surface area contributed by atoms with E-state index in [1.165, 1.54) is 0 Å². The third-order valence-corrected chi connectivity index (χ3v) is 9.43. The minimum absolute atomic E-state index is 0.0365. The smallest absolute Gasteiger partial charge is 0.253 e. The lowest BCUT2D eigenvalue weighted by Gasteiger charge is -2.27. The zero-order chi connectivity index (χ0) is 31.9. The van der Waals surface area contributed by atoms with E-state index in [0.29, 0.717) is 36.4 Å². The summed E-state index contributed by atoms with van der Waals surface area (Å²) in [6, 6.07) is 10.6. The summed E-state index contributed by atoms with van der Waals surface area (Å²) >= 11 is 0. The molecule has 0 unspecified atom stereocenters. The predicted octanol–water partition coefficient (Wildman–Crippen LogP) is 5.06. The highest BCUT2D eigenvalue weighted by Gasteiger charge is 2.30. The second kappa shape index (κ2) is 12.2. The maximum atomic E-state index is 14.5. The molecule has 10 nitrogen and oxygen atoms in total. The molecule has 1 saturated heterocycles. The van der Waals surface area contributed by atoms with Crippen molar-refractivity contribution in [1.29, 1.82) is 5.26 Å². The number of halogens is 1. The van der Waals surface area contributed by atoms with Gasteiger partial charge in [-0.05, 0) is 63.1 Å². The molecule has 1 aromatic carbocycles. The van der Waals surface area contributed by atoms with E-state index >= 15 is 0 Å². The number of benzene rings is 1. The molecule has 3 atom stereocenters. The fourth-order valence-corrected chi connectivity index (χ4v) is 6.53. The van der Waals surface area contributed by atoms with Gasteiger partial charge in [0.1, 0.15) is 17.9 Å². The number of hydrogen-bond acceptors (Lipinski definition) is 6. The molecule has 3 aromatic heterocycles. The number of rotatable bonds is 3. The number of aryl methyl sites for hydroxylation is 2. The second-order valence-electron chi connectivity index (χ2n) is 13.2. The number of imidazole rings is 1. The average Bonchev–Trinajstić information content (AvgIpc) is 3.54. The Morgan fingerprint density at radius 3 is 2.73 bits per heavy atom. The summed E-state index contributed by atoms with van der Waals surface area (Å²) in [5, 5.41) is 20.0. The van der Waals surface area contributed by atoms with Crippen molar-refractivity contribution in [3.8, 4) is 17.6 Å². The summed E-state index contributed by atoms with van der Waals surface area (Å²) in [6.45, 7) is 7.64. The summed E-state index contributed by atoms with van der Waals surface area (Å²) in [5.41, 5.74) is 3.74. The molecule has 2 bridgehead atoms. The zero-order valence-electron chi connectivity index (χ0n) is 26.4. The Morgan fingerprint density at radius 2 is 1.96 bits per heavy atom. The van der Waals surface area contributed by atoms with Gasteiger partial charge in [-0.25, -0.2) is 14.4 Å². The quantitative estimate of drug-likeness (QED) is 0.297. The summed E-state index contributed by atoms with van der Waals surface area (Å²) in [6.07, 6.45) is 4.00. The first-order valence-electron chi connectivity index (χ1n) is 15.9. The number of piperidine rings is 1. The molecule has 2 aliphatic rings. The number of nitrogens with zero attached hydrogens (tertiary/aromatic N) is 5. The highest BCUT2D eigenvalue weighted by Crippen LogP contribution is 2.33. The largest absolute Gasteiger partial charge is 0.348 e. The molecule has 11 heteroatoms. The molecule has 0 saturated carbocycles. The van der Waals surface area contributed by atoms with Crippen LogP contribution >= 0.6 is 0 Å². The maximum absolute atomic E-state index is 14.5. The molecule has 2 amide bonds. The fraction of sp³-hybridized carbons (Fsp3) is 0.500. The van der Waals surface area contributed by atoms with Crippen LogP contribution in [0.3, 0.4) is 0 Å².